The first kappa shape index (κ1) is 26.7. The van der Waals surface area contributed by atoms with E-state index >= 15 is 0 Å². The van der Waals surface area contributed by atoms with Gasteiger partial charge >= 0.3 is 12.1 Å². The van der Waals surface area contributed by atoms with E-state index in [9.17, 15) is 19.2 Å². The second-order valence-electron chi connectivity index (χ2n) is 8.54. The van der Waals surface area contributed by atoms with Crippen LogP contribution in [-0.4, -0.2) is 48.7 Å². The zero-order valence-corrected chi connectivity index (χ0v) is 19.6. The third-order valence-electron chi connectivity index (χ3n) is 4.15. The zero-order chi connectivity index (χ0) is 24.5. The first-order valence-corrected chi connectivity index (χ1v) is 10.3. The molecule has 0 aliphatic heterocycles. The third kappa shape index (κ3) is 9.20. The molecule has 0 bridgehead atoms. The lowest BCUT2D eigenvalue weighted by Crippen LogP contribution is -2.50. The van der Waals surface area contributed by atoms with Crippen LogP contribution in [0.5, 0.6) is 0 Å². The van der Waals surface area contributed by atoms with E-state index < -0.39 is 41.6 Å². The van der Waals surface area contributed by atoms with Crippen LogP contribution >= 0.6 is 0 Å². The standard InChI is InChI=1S/C23H33N3O6/c1-14(2)18(21(29)31-7)26-20(28)17(13-16-11-9-8-10-12-16)25-19(27)15(3)24-22(30)32-23(4,5)6/h8-15,18H,1-7H3,(H,24,30)(H,25,27)(H,26,28)/b17-13-/t15-,18-/m0/s1. The highest BCUT2D eigenvalue weighted by Gasteiger charge is 2.28. The van der Waals surface area contributed by atoms with E-state index in [1.165, 1.54) is 20.1 Å². The number of amides is 3. The van der Waals surface area contributed by atoms with Crippen LogP contribution in [0.3, 0.4) is 0 Å². The number of hydrogen-bond donors (Lipinski definition) is 3. The Kier molecular flexibility index (Phi) is 9.90. The van der Waals surface area contributed by atoms with E-state index in [0.717, 1.165) is 0 Å². The Morgan fingerprint density at radius 2 is 1.56 bits per heavy atom. The molecule has 3 N–H and O–H groups in total. The van der Waals surface area contributed by atoms with Gasteiger partial charge in [-0.25, -0.2) is 9.59 Å². The van der Waals surface area contributed by atoms with Gasteiger partial charge in [0.05, 0.1) is 7.11 Å². The molecule has 176 valence electrons. The molecule has 0 saturated carbocycles. The lowest BCUT2D eigenvalue weighted by atomic mass is 10.0. The number of alkyl carbamates (subject to hydrolysis) is 1. The Labute approximate surface area is 188 Å². The number of hydrogen-bond acceptors (Lipinski definition) is 6. The number of carbonyl (C=O) groups is 4. The number of carbonyl (C=O) groups excluding carboxylic acids is 4. The van der Waals surface area contributed by atoms with Crippen molar-refractivity contribution in [2.45, 2.75) is 59.2 Å². The summed E-state index contributed by atoms with van der Waals surface area (Å²) in [6.45, 7) is 10.1. The van der Waals surface area contributed by atoms with Gasteiger partial charge in [-0.15, -0.1) is 0 Å². The van der Waals surface area contributed by atoms with Gasteiger partial charge in [0.25, 0.3) is 5.91 Å². The van der Waals surface area contributed by atoms with Gasteiger partial charge in [0.2, 0.25) is 5.91 Å². The molecule has 0 saturated heterocycles. The fraction of sp³-hybridized carbons (Fsp3) is 0.478. The molecule has 0 fully saturated rings. The minimum absolute atomic E-state index is 0.0893. The number of benzene rings is 1. The molecular weight excluding hydrogens is 414 g/mol. The summed E-state index contributed by atoms with van der Waals surface area (Å²) in [6.07, 6.45) is 0.714. The Hall–Kier alpha value is -3.36. The van der Waals surface area contributed by atoms with Crippen LogP contribution in [0.25, 0.3) is 6.08 Å². The van der Waals surface area contributed by atoms with Crippen LogP contribution in [0.15, 0.2) is 36.0 Å². The van der Waals surface area contributed by atoms with Crippen molar-refractivity contribution in [3.63, 3.8) is 0 Å². The number of ether oxygens (including phenoxy) is 2. The lowest BCUT2D eigenvalue weighted by Gasteiger charge is -2.23. The lowest BCUT2D eigenvalue weighted by molar-refractivity contribution is -0.146. The van der Waals surface area contributed by atoms with Crippen molar-refractivity contribution in [1.82, 2.24) is 16.0 Å². The summed E-state index contributed by atoms with van der Waals surface area (Å²) in [5.74, 6) is -2.14. The molecule has 9 nitrogen and oxygen atoms in total. The highest BCUT2D eigenvalue weighted by atomic mass is 16.6. The molecule has 0 heterocycles. The largest absolute Gasteiger partial charge is 0.467 e. The number of rotatable bonds is 8. The van der Waals surface area contributed by atoms with E-state index in [-0.39, 0.29) is 11.6 Å². The molecule has 9 heteroatoms. The monoisotopic (exact) mass is 447 g/mol. The number of esters is 1. The maximum absolute atomic E-state index is 12.9. The summed E-state index contributed by atoms with van der Waals surface area (Å²) >= 11 is 0. The van der Waals surface area contributed by atoms with Gasteiger partial charge in [0.1, 0.15) is 23.4 Å². The Morgan fingerprint density at radius 3 is 2.06 bits per heavy atom. The van der Waals surface area contributed by atoms with Crippen molar-refractivity contribution in [2.75, 3.05) is 7.11 Å². The van der Waals surface area contributed by atoms with Gasteiger partial charge in [-0.05, 0) is 45.3 Å². The Morgan fingerprint density at radius 1 is 0.969 bits per heavy atom. The SMILES string of the molecule is COC(=O)[C@@H](NC(=O)/C(=C/c1ccccc1)NC(=O)[C@H](C)NC(=O)OC(C)(C)C)C(C)C. The smallest absolute Gasteiger partial charge is 0.408 e. The highest BCUT2D eigenvalue weighted by Crippen LogP contribution is 2.10. The Bertz CT molecular complexity index is 843. The van der Waals surface area contributed by atoms with Gasteiger partial charge in [0, 0.05) is 0 Å². The quantitative estimate of drug-likeness (QED) is 0.415. The first-order valence-electron chi connectivity index (χ1n) is 10.3. The van der Waals surface area contributed by atoms with E-state index in [1.807, 2.05) is 6.07 Å². The third-order valence-corrected chi connectivity index (χ3v) is 4.15. The topological polar surface area (TPSA) is 123 Å². The van der Waals surface area contributed by atoms with E-state index in [1.54, 1.807) is 58.9 Å². The van der Waals surface area contributed by atoms with Crippen molar-refractivity contribution in [2.24, 2.45) is 5.92 Å². The van der Waals surface area contributed by atoms with E-state index in [4.69, 9.17) is 9.47 Å². The zero-order valence-electron chi connectivity index (χ0n) is 19.6. The van der Waals surface area contributed by atoms with Crippen LogP contribution in [0, 0.1) is 5.92 Å². The van der Waals surface area contributed by atoms with Crippen molar-refractivity contribution in [1.29, 1.82) is 0 Å². The van der Waals surface area contributed by atoms with Crippen molar-refractivity contribution in [3.05, 3.63) is 41.6 Å². The predicted octanol–water partition coefficient (Wildman–Crippen LogP) is 2.37. The second-order valence-corrected chi connectivity index (χ2v) is 8.54. The molecule has 1 aromatic carbocycles. The first-order chi connectivity index (χ1) is 14.8. The molecule has 32 heavy (non-hydrogen) atoms. The Balaban J connectivity index is 3.06. The predicted molar refractivity (Wildman–Crippen MR) is 120 cm³/mol. The van der Waals surface area contributed by atoms with E-state index in [2.05, 4.69) is 16.0 Å². The van der Waals surface area contributed by atoms with Gasteiger partial charge in [-0.2, -0.15) is 0 Å². The fourth-order valence-electron chi connectivity index (χ4n) is 2.51. The summed E-state index contributed by atoms with van der Waals surface area (Å²) in [5.41, 5.74) is -0.156. The molecule has 0 spiro atoms. The summed E-state index contributed by atoms with van der Waals surface area (Å²) in [4.78, 5) is 49.6. The van der Waals surface area contributed by atoms with Crippen LogP contribution in [0.2, 0.25) is 0 Å². The summed E-state index contributed by atoms with van der Waals surface area (Å²) in [5, 5.41) is 7.54. The van der Waals surface area contributed by atoms with Crippen LogP contribution in [-0.2, 0) is 23.9 Å². The molecule has 1 rings (SSSR count). The van der Waals surface area contributed by atoms with Crippen LogP contribution < -0.4 is 16.0 Å². The molecule has 1 aromatic rings. The maximum Gasteiger partial charge on any atom is 0.408 e. The van der Waals surface area contributed by atoms with Gasteiger partial charge < -0.3 is 25.4 Å². The number of nitrogens with one attached hydrogen (secondary N) is 3. The summed E-state index contributed by atoms with van der Waals surface area (Å²) < 4.78 is 9.90. The fourth-order valence-corrected chi connectivity index (χ4v) is 2.51. The molecular formula is C23H33N3O6. The van der Waals surface area contributed by atoms with Gasteiger partial charge in [0.15, 0.2) is 0 Å². The number of methoxy groups -OCH3 is 1. The molecule has 0 unspecified atom stereocenters. The molecule has 0 radical (unpaired) electrons. The molecule has 0 aromatic heterocycles. The normalized spacial score (nSPS) is 13.6. The van der Waals surface area contributed by atoms with Crippen LogP contribution in [0.1, 0.15) is 47.1 Å². The minimum atomic E-state index is -0.988. The average Bonchev–Trinajstić information content (AvgIpc) is 2.69. The molecule has 0 aliphatic carbocycles. The van der Waals surface area contributed by atoms with Crippen molar-refractivity contribution >= 4 is 30.0 Å². The molecule has 0 aliphatic rings. The van der Waals surface area contributed by atoms with Gasteiger partial charge in [-0.1, -0.05) is 44.2 Å². The second kappa shape index (κ2) is 11.9. The summed E-state index contributed by atoms with van der Waals surface area (Å²) in [6, 6.07) is 6.99. The van der Waals surface area contributed by atoms with Crippen molar-refractivity contribution in [3.8, 4) is 0 Å². The highest BCUT2D eigenvalue weighted by molar-refractivity contribution is 6.03. The maximum atomic E-state index is 12.9. The molecule has 2 atom stereocenters. The molecule has 3 amide bonds. The average molecular weight is 448 g/mol. The minimum Gasteiger partial charge on any atom is -0.467 e. The van der Waals surface area contributed by atoms with Crippen LogP contribution in [0.4, 0.5) is 4.79 Å². The van der Waals surface area contributed by atoms with E-state index in [0.29, 0.717) is 5.56 Å². The van der Waals surface area contributed by atoms with Gasteiger partial charge in [-0.3, -0.25) is 9.59 Å². The van der Waals surface area contributed by atoms with Crippen molar-refractivity contribution < 1.29 is 28.7 Å². The summed E-state index contributed by atoms with van der Waals surface area (Å²) in [7, 11) is 1.23.